The number of likely N-dealkylation sites (tertiary alicyclic amines) is 1. The number of β-amino-alcohol motifs (C(OH)–C–C–N with tert-alkyl or cyclic N) is 1. The molecule has 1 heterocycles. The lowest BCUT2D eigenvalue weighted by Gasteiger charge is -2.23. The number of rotatable bonds is 3. The Bertz CT molecular complexity index is 116. The van der Waals surface area contributed by atoms with Gasteiger partial charge < -0.3 is 5.11 Å². The highest BCUT2D eigenvalue weighted by Crippen LogP contribution is 2.16. The van der Waals surface area contributed by atoms with Gasteiger partial charge in [-0.3, -0.25) is 4.90 Å². The lowest BCUT2D eigenvalue weighted by molar-refractivity contribution is 0.106. The average Bonchev–Trinajstić information content (AvgIpc) is 2.37. The van der Waals surface area contributed by atoms with Gasteiger partial charge in [-0.1, -0.05) is 6.92 Å². The number of hydrogen-bond donors (Lipinski definition) is 1. The van der Waals surface area contributed by atoms with E-state index in [9.17, 15) is 5.11 Å². The average molecular weight is 157 g/mol. The van der Waals surface area contributed by atoms with E-state index in [1.807, 2.05) is 6.92 Å². The van der Waals surface area contributed by atoms with Gasteiger partial charge in [-0.25, -0.2) is 0 Å². The molecule has 0 aromatic rings. The molecule has 2 atom stereocenters. The zero-order valence-corrected chi connectivity index (χ0v) is 7.58. The van der Waals surface area contributed by atoms with Crippen molar-refractivity contribution in [1.82, 2.24) is 4.90 Å². The van der Waals surface area contributed by atoms with Crippen molar-refractivity contribution in [3.63, 3.8) is 0 Å². The highest BCUT2D eigenvalue weighted by atomic mass is 16.3. The van der Waals surface area contributed by atoms with E-state index in [1.165, 1.54) is 19.4 Å². The second-order valence-electron chi connectivity index (χ2n) is 3.55. The predicted octanol–water partition coefficient (Wildman–Crippen LogP) is 1.24. The Kier molecular flexibility index (Phi) is 3.34. The maximum absolute atomic E-state index is 9.39. The highest BCUT2D eigenvalue weighted by molar-refractivity contribution is 4.76. The van der Waals surface area contributed by atoms with Crippen molar-refractivity contribution < 1.29 is 5.11 Å². The number of aliphatic hydroxyl groups excluding tert-OH is 1. The Hall–Kier alpha value is -0.0800. The van der Waals surface area contributed by atoms with Crippen LogP contribution in [0.15, 0.2) is 0 Å². The van der Waals surface area contributed by atoms with Gasteiger partial charge in [0.05, 0.1) is 6.10 Å². The molecule has 0 spiro atoms. The third-order valence-electron chi connectivity index (χ3n) is 2.61. The van der Waals surface area contributed by atoms with Crippen LogP contribution in [-0.2, 0) is 0 Å². The molecule has 2 heteroatoms. The number of nitrogens with zero attached hydrogens (tertiary/aromatic N) is 1. The van der Waals surface area contributed by atoms with Crippen LogP contribution in [0, 0.1) is 0 Å². The molecule has 66 valence electrons. The molecule has 2 nitrogen and oxygen atoms in total. The van der Waals surface area contributed by atoms with Gasteiger partial charge in [0.1, 0.15) is 0 Å². The summed E-state index contributed by atoms with van der Waals surface area (Å²) in [4.78, 5) is 2.38. The summed E-state index contributed by atoms with van der Waals surface area (Å²) in [5.74, 6) is 0. The van der Waals surface area contributed by atoms with Gasteiger partial charge in [0.15, 0.2) is 0 Å². The Morgan fingerprint density at radius 2 is 2.36 bits per heavy atom. The Balaban J connectivity index is 2.24. The van der Waals surface area contributed by atoms with Gasteiger partial charge in [0, 0.05) is 12.6 Å². The zero-order chi connectivity index (χ0) is 8.27. The Labute approximate surface area is 69.2 Å². The van der Waals surface area contributed by atoms with Gasteiger partial charge in [0.2, 0.25) is 0 Å². The molecule has 1 rings (SSSR count). The van der Waals surface area contributed by atoms with E-state index in [0.29, 0.717) is 6.04 Å². The molecule has 1 fully saturated rings. The van der Waals surface area contributed by atoms with Gasteiger partial charge in [-0.05, 0) is 32.7 Å². The molecule has 1 saturated heterocycles. The molecule has 1 aliphatic heterocycles. The molecular formula is C9H19NO. The summed E-state index contributed by atoms with van der Waals surface area (Å²) in [6.45, 7) is 6.33. The Morgan fingerprint density at radius 3 is 2.82 bits per heavy atom. The van der Waals surface area contributed by atoms with Crippen molar-refractivity contribution in [1.29, 1.82) is 0 Å². The van der Waals surface area contributed by atoms with Gasteiger partial charge in [-0.2, -0.15) is 0 Å². The molecule has 0 aromatic heterocycles. The normalized spacial score (nSPS) is 29.2. The molecule has 11 heavy (non-hydrogen) atoms. The molecule has 0 amide bonds. The highest BCUT2D eigenvalue weighted by Gasteiger charge is 2.21. The molecule has 0 aromatic carbocycles. The van der Waals surface area contributed by atoms with E-state index in [0.717, 1.165) is 13.0 Å². The second kappa shape index (κ2) is 4.07. The molecule has 0 aliphatic carbocycles. The summed E-state index contributed by atoms with van der Waals surface area (Å²) in [6, 6.07) is 0.691. The fraction of sp³-hybridized carbons (Fsp3) is 1.00. The molecule has 0 saturated carbocycles. The van der Waals surface area contributed by atoms with Gasteiger partial charge in [0.25, 0.3) is 0 Å². The minimum Gasteiger partial charge on any atom is -0.392 e. The molecule has 2 unspecified atom stereocenters. The summed E-state index contributed by atoms with van der Waals surface area (Å²) in [6.07, 6.45) is 3.37. The first-order valence-corrected chi connectivity index (χ1v) is 4.66. The maximum atomic E-state index is 9.39. The van der Waals surface area contributed by atoms with E-state index in [2.05, 4.69) is 11.8 Å². The summed E-state index contributed by atoms with van der Waals surface area (Å²) in [5.41, 5.74) is 0. The minimum atomic E-state index is -0.115. The first kappa shape index (κ1) is 9.01. The van der Waals surface area contributed by atoms with E-state index in [4.69, 9.17) is 0 Å². The lowest BCUT2D eigenvalue weighted by atomic mass is 10.2. The predicted molar refractivity (Wildman–Crippen MR) is 46.6 cm³/mol. The largest absolute Gasteiger partial charge is 0.392 e. The SMILES string of the molecule is CCC(O)CN1CCCC1C. The molecule has 0 bridgehead atoms. The first-order chi connectivity index (χ1) is 5.24. The minimum absolute atomic E-state index is 0.115. The lowest BCUT2D eigenvalue weighted by Crippen LogP contribution is -2.34. The molecule has 1 N–H and O–H groups in total. The van der Waals surface area contributed by atoms with Crippen LogP contribution in [0.1, 0.15) is 33.1 Å². The quantitative estimate of drug-likeness (QED) is 0.666. The fourth-order valence-corrected chi connectivity index (χ4v) is 1.66. The summed E-state index contributed by atoms with van der Waals surface area (Å²) in [7, 11) is 0. The third kappa shape index (κ3) is 2.46. The van der Waals surface area contributed by atoms with Crippen molar-refractivity contribution in [3.8, 4) is 0 Å². The Morgan fingerprint density at radius 1 is 1.64 bits per heavy atom. The topological polar surface area (TPSA) is 23.5 Å². The summed E-state index contributed by atoms with van der Waals surface area (Å²) < 4.78 is 0. The van der Waals surface area contributed by atoms with Crippen LogP contribution >= 0.6 is 0 Å². The van der Waals surface area contributed by atoms with Crippen molar-refractivity contribution in [2.75, 3.05) is 13.1 Å². The van der Waals surface area contributed by atoms with Crippen molar-refractivity contribution >= 4 is 0 Å². The van der Waals surface area contributed by atoms with Crippen LogP contribution in [0.3, 0.4) is 0 Å². The van der Waals surface area contributed by atoms with Crippen LogP contribution in [0.25, 0.3) is 0 Å². The summed E-state index contributed by atoms with van der Waals surface area (Å²) in [5, 5.41) is 9.39. The standard InChI is InChI=1S/C9H19NO/c1-3-9(11)7-10-6-4-5-8(10)2/h8-9,11H,3-7H2,1-2H3. The van der Waals surface area contributed by atoms with Gasteiger partial charge >= 0.3 is 0 Å². The third-order valence-corrected chi connectivity index (χ3v) is 2.61. The smallest absolute Gasteiger partial charge is 0.0664 e. The van der Waals surface area contributed by atoms with Crippen molar-refractivity contribution in [3.05, 3.63) is 0 Å². The molecule has 0 radical (unpaired) electrons. The number of hydrogen-bond acceptors (Lipinski definition) is 2. The van der Waals surface area contributed by atoms with Crippen LogP contribution in [0.4, 0.5) is 0 Å². The van der Waals surface area contributed by atoms with E-state index in [1.54, 1.807) is 0 Å². The van der Waals surface area contributed by atoms with Crippen LogP contribution in [-0.4, -0.2) is 35.2 Å². The van der Waals surface area contributed by atoms with Crippen molar-refractivity contribution in [2.45, 2.75) is 45.3 Å². The van der Waals surface area contributed by atoms with Crippen molar-refractivity contribution in [2.24, 2.45) is 0 Å². The number of aliphatic hydroxyl groups is 1. The molecular weight excluding hydrogens is 138 g/mol. The fourth-order valence-electron chi connectivity index (χ4n) is 1.66. The van der Waals surface area contributed by atoms with Crippen LogP contribution < -0.4 is 0 Å². The summed E-state index contributed by atoms with van der Waals surface area (Å²) >= 11 is 0. The van der Waals surface area contributed by atoms with Crippen LogP contribution in [0.5, 0.6) is 0 Å². The van der Waals surface area contributed by atoms with E-state index in [-0.39, 0.29) is 6.10 Å². The van der Waals surface area contributed by atoms with E-state index < -0.39 is 0 Å². The first-order valence-electron chi connectivity index (χ1n) is 4.66. The second-order valence-corrected chi connectivity index (χ2v) is 3.55. The van der Waals surface area contributed by atoms with Crippen LogP contribution in [0.2, 0.25) is 0 Å². The molecule has 1 aliphatic rings. The monoisotopic (exact) mass is 157 g/mol. The van der Waals surface area contributed by atoms with Gasteiger partial charge in [-0.15, -0.1) is 0 Å². The zero-order valence-electron chi connectivity index (χ0n) is 7.58. The maximum Gasteiger partial charge on any atom is 0.0664 e. The van der Waals surface area contributed by atoms with E-state index >= 15 is 0 Å².